The Hall–Kier alpha value is -3.70. The van der Waals surface area contributed by atoms with Crippen LogP contribution in [0.25, 0.3) is 44.5 Å². The van der Waals surface area contributed by atoms with Crippen molar-refractivity contribution in [3.63, 3.8) is 0 Å². The summed E-state index contributed by atoms with van der Waals surface area (Å²) in [7, 11) is 0. The van der Waals surface area contributed by atoms with Crippen molar-refractivity contribution in [2.75, 3.05) is 6.54 Å². The number of ether oxygens (including phenoxy) is 1. The summed E-state index contributed by atoms with van der Waals surface area (Å²) < 4.78 is 8.31. The highest BCUT2D eigenvalue weighted by molar-refractivity contribution is 14.1. The van der Waals surface area contributed by atoms with Crippen LogP contribution in [0.1, 0.15) is 94.2 Å². The molecular weight excluding hydrogens is 723 g/mol. The molecule has 5 aliphatic rings. The predicted molar refractivity (Wildman–Crippen MR) is 199 cm³/mol. The van der Waals surface area contributed by atoms with Gasteiger partial charge in [0.25, 0.3) is 0 Å². The van der Waals surface area contributed by atoms with Crippen molar-refractivity contribution < 1.29 is 9.53 Å². The number of carbonyl (C=O) groups excluding carboxylic acids is 1. The SMILES string of the molecule is CC(C)(C)OC(=O)N1CC2(CC2)C[C@H]1c1ncc(-c2ccc3c(c2)Cc2cc(-c4ccc5nc([C@@H]6[C@H]7CC[C@H](C7)N6I)[nH]c5c4)ccc2-3)[nH]1. The van der Waals surface area contributed by atoms with Crippen LogP contribution in [0.15, 0.2) is 60.8 Å². The maximum Gasteiger partial charge on any atom is 0.410 e. The molecule has 0 radical (unpaired) electrons. The van der Waals surface area contributed by atoms with Crippen molar-refractivity contribution in [2.45, 2.75) is 89.4 Å². The number of halogens is 1. The van der Waals surface area contributed by atoms with Crippen molar-refractivity contribution >= 4 is 40.0 Å². The molecule has 4 atom stereocenters. The molecule has 9 heteroatoms. The van der Waals surface area contributed by atoms with Crippen LogP contribution in [0, 0.1) is 11.3 Å². The van der Waals surface area contributed by atoms with E-state index in [1.54, 1.807) is 0 Å². The minimum absolute atomic E-state index is 0.0884. The number of piperidine rings is 1. The molecule has 4 heterocycles. The van der Waals surface area contributed by atoms with Gasteiger partial charge in [-0.1, -0.05) is 36.4 Å². The molecule has 2 aliphatic heterocycles. The van der Waals surface area contributed by atoms with Gasteiger partial charge in [0.1, 0.15) is 17.2 Å². The van der Waals surface area contributed by atoms with E-state index in [9.17, 15) is 4.79 Å². The Kier molecular flexibility index (Phi) is 6.55. The smallest absolute Gasteiger partial charge is 0.410 e. The number of hydrogen-bond acceptors (Lipinski definition) is 5. The minimum atomic E-state index is -0.527. The molecule has 8 nitrogen and oxygen atoms in total. The largest absolute Gasteiger partial charge is 0.444 e. The van der Waals surface area contributed by atoms with Gasteiger partial charge in [-0.05, 0) is 134 Å². The van der Waals surface area contributed by atoms with Gasteiger partial charge in [0.2, 0.25) is 0 Å². The van der Waals surface area contributed by atoms with Gasteiger partial charge in [0.05, 0.1) is 35.0 Å². The molecule has 2 N–H and O–H groups in total. The van der Waals surface area contributed by atoms with Crippen LogP contribution in [0.5, 0.6) is 0 Å². The predicted octanol–water partition coefficient (Wildman–Crippen LogP) is 9.53. The maximum atomic E-state index is 13.2. The number of amides is 1. The summed E-state index contributed by atoms with van der Waals surface area (Å²) in [6.45, 7) is 6.52. The van der Waals surface area contributed by atoms with Gasteiger partial charge in [-0.3, -0.25) is 4.90 Å². The molecular formula is C40H41IN6O2. The quantitative estimate of drug-likeness (QED) is 0.138. The molecule has 5 aromatic rings. The average molecular weight is 765 g/mol. The first-order chi connectivity index (χ1) is 23.6. The highest BCUT2D eigenvalue weighted by Crippen LogP contribution is 2.58. The zero-order chi connectivity index (χ0) is 33.2. The van der Waals surface area contributed by atoms with Gasteiger partial charge in [-0.25, -0.2) is 17.9 Å². The Balaban J connectivity index is 0.888. The summed E-state index contributed by atoms with van der Waals surface area (Å²) in [6, 6.07) is 21.3. The first-order valence-corrected chi connectivity index (χ1v) is 18.8. The zero-order valence-corrected chi connectivity index (χ0v) is 30.4. The number of nitrogens with zero attached hydrogens (tertiary/aromatic N) is 4. The second-order valence-electron chi connectivity index (χ2n) is 16.3. The number of likely N-dealkylation sites (tertiary alicyclic amines) is 1. The lowest BCUT2D eigenvalue weighted by Gasteiger charge is -2.28. The summed E-state index contributed by atoms with van der Waals surface area (Å²) in [6.07, 6.45) is 9.79. The number of H-pyrrole nitrogens is 2. The van der Waals surface area contributed by atoms with Crippen LogP contribution in [0.3, 0.4) is 0 Å². The number of imidazole rings is 2. The third kappa shape index (κ3) is 5.05. The Morgan fingerprint density at radius 3 is 2.41 bits per heavy atom. The zero-order valence-electron chi connectivity index (χ0n) is 28.2. The van der Waals surface area contributed by atoms with Crippen LogP contribution >= 0.6 is 22.9 Å². The van der Waals surface area contributed by atoms with Crippen molar-refractivity contribution in [3.8, 4) is 33.5 Å². The summed E-state index contributed by atoms with van der Waals surface area (Å²) >= 11 is 2.52. The van der Waals surface area contributed by atoms with Crippen molar-refractivity contribution in [3.05, 3.63) is 83.6 Å². The molecule has 2 saturated carbocycles. The second-order valence-corrected chi connectivity index (χ2v) is 17.4. The van der Waals surface area contributed by atoms with Gasteiger partial charge in [0, 0.05) is 35.5 Å². The van der Waals surface area contributed by atoms with E-state index in [1.807, 2.05) is 31.9 Å². The fourth-order valence-corrected chi connectivity index (χ4v) is 10.4. The first-order valence-electron chi connectivity index (χ1n) is 17.9. The molecule has 0 unspecified atom stereocenters. The lowest BCUT2D eigenvalue weighted by atomic mass is 9.98. The molecule has 1 amide bonds. The molecule has 2 aromatic heterocycles. The summed E-state index contributed by atoms with van der Waals surface area (Å²) in [5, 5.41) is 0. The number of aromatic amines is 2. The molecule has 49 heavy (non-hydrogen) atoms. The van der Waals surface area contributed by atoms with Crippen LogP contribution in [-0.4, -0.2) is 52.2 Å². The third-order valence-corrected chi connectivity index (χ3v) is 13.2. The summed E-state index contributed by atoms with van der Waals surface area (Å²) in [5.74, 6) is 2.68. The van der Waals surface area contributed by atoms with E-state index in [0.717, 1.165) is 53.3 Å². The molecule has 10 rings (SSSR count). The monoisotopic (exact) mass is 764 g/mol. The van der Waals surface area contributed by atoms with Gasteiger partial charge in [-0.2, -0.15) is 0 Å². The highest BCUT2D eigenvalue weighted by atomic mass is 127. The van der Waals surface area contributed by atoms with Crippen molar-refractivity contribution in [1.82, 2.24) is 27.9 Å². The van der Waals surface area contributed by atoms with Crippen LogP contribution in [-0.2, 0) is 11.2 Å². The van der Waals surface area contributed by atoms with E-state index in [2.05, 4.69) is 90.5 Å². The minimum Gasteiger partial charge on any atom is -0.444 e. The molecule has 2 saturated heterocycles. The van der Waals surface area contributed by atoms with E-state index in [1.165, 1.54) is 65.5 Å². The average Bonchev–Trinajstić information content (AvgIpc) is 3.73. The third-order valence-electron chi connectivity index (χ3n) is 11.8. The Morgan fingerprint density at radius 2 is 1.67 bits per heavy atom. The number of hydrogen-bond donors (Lipinski definition) is 2. The number of benzene rings is 3. The fourth-order valence-electron chi connectivity index (χ4n) is 9.18. The standard InChI is InChI=1S/C40H41IN6O2/c1-39(2,3)49-38(48)46-21-40(12-13-40)19-34(46)36-42-20-33(45-36)24-6-10-30-27(15-24)16-26-14-22(5-9-29(26)30)23-7-11-31-32(18-23)44-37(43-31)35-25-4-8-28(17-25)47(35)41/h5-7,9-11,14-15,18,20,25,28,34-35H,4,8,12-13,16-17,19,21H2,1-3H3,(H,42,45)(H,43,44)/t25-,28+,34-,35-/m0/s1. The number of aromatic nitrogens is 4. The van der Waals surface area contributed by atoms with E-state index in [4.69, 9.17) is 14.7 Å². The first kappa shape index (κ1) is 30.2. The molecule has 3 aliphatic carbocycles. The van der Waals surface area contributed by atoms with E-state index < -0.39 is 5.60 Å². The van der Waals surface area contributed by atoms with Crippen LogP contribution in [0.4, 0.5) is 4.79 Å². The topological polar surface area (TPSA) is 90.1 Å². The van der Waals surface area contributed by atoms with Gasteiger partial charge in [0.15, 0.2) is 0 Å². The van der Waals surface area contributed by atoms with Crippen molar-refractivity contribution in [1.29, 1.82) is 0 Å². The van der Waals surface area contributed by atoms with E-state index >= 15 is 0 Å². The molecule has 4 fully saturated rings. The number of rotatable bonds is 4. The molecule has 1 spiro atoms. The molecule has 250 valence electrons. The maximum absolute atomic E-state index is 13.2. The number of fused-ring (bicyclic) bond motifs is 6. The van der Waals surface area contributed by atoms with Crippen molar-refractivity contribution in [2.24, 2.45) is 11.3 Å². The lowest BCUT2D eigenvalue weighted by molar-refractivity contribution is 0.0212. The summed E-state index contributed by atoms with van der Waals surface area (Å²) in [5.41, 5.74) is 11.7. The molecule has 3 aromatic carbocycles. The second kappa shape index (κ2) is 10.7. The lowest BCUT2D eigenvalue weighted by Crippen LogP contribution is -2.37. The Bertz CT molecular complexity index is 2160. The Labute approximate surface area is 300 Å². The van der Waals surface area contributed by atoms with Crippen LogP contribution in [0.2, 0.25) is 0 Å². The van der Waals surface area contributed by atoms with Gasteiger partial charge < -0.3 is 14.7 Å². The number of nitrogens with one attached hydrogen (secondary N) is 2. The van der Waals surface area contributed by atoms with E-state index in [0.29, 0.717) is 18.0 Å². The highest BCUT2D eigenvalue weighted by Gasteiger charge is 2.55. The summed E-state index contributed by atoms with van der Waals surface area (Å²) in [4.78, 5) is 32.2. The normalized spacial score (nSPS) is 25.0. The van der Waals surface area contributed by atoms with Gasteiger partial charge >= 0.3 is 6.09 Å². The Morgan fingerprint density at radius 1 is 0.939 bits per heavy atom. The van der Waals surface area contributed by atoms with Crippen LogP contribution < -0.4 is 0 Å². The van der Waals surface area contributed by atoms with Gasteiger partial charge in [-0.15, -0.1) is 0 Å². The fraction of sp³-hybridized carbons (Fsp3) is 0.425. The number of carbonyl (C=O) groups is 1. The van der Waals surface area contributed by atoms with E-state index in [-0.39, 0.29) is 17.6 Å². The molecule has 2 bridgehead atoms.